The molecule has 0 aliphatic rings. The van der Waals surface area contributed by atoms with Crippen molar-refractivity contribution < 1.29 is 13.9 Å². The molecule has 0 atom stereocenters. The Balaban J connectivity index is 1.54. The number of rotatable bonds is 6. The maximum Gasteiger partial charge on any atom is 0.244 e. The van der Waals surface area contributed by atoms with Crippen molar-refractivity contribution >= 4 is 44.6 Å². The van der Waals surface area contributed by atoms with E-state index in [4.69, 9.17) is 9.15 Å². The molecule has 5 rings (SSSR count). The summed E-state index contributed by atoms with van der Waals surface area (Å²) in [5.41, 5.74) is 4.55. The van der Waals surface area contributed by atoms with Crippen LogP contribution >= 0.6 is 11.3 Å². The van der Waals surface area contributed by atoms with Crippen LogP contribution in [0, 0.1) is 0 Å². The van der Waals surface area contributed by atoms with Gasteiger partial charge in [-0.15, -0.1) is 11.3 Å². The normalized spacial score (nSPS) is 11.8. The van der Waals surface area contributed by atoms with Gasteiger partial charge in [-0.2, -0.15) is 0 Å². The first-order valence-electron chi connectivity index (χ1n) is 10.7. The van der Waals surface area contributed by atoms with Gasteiger partial charge in [0.2, 0.25) is 5.91 Å². The number of furan rings is 1. The Kier molecular flexibility index (Phi) is 5.71. The number of carbonyl (C=O) groups excluding carboxylic acids is 1. The van der Waals surface area contributed by atoms with Gasteiger partial charge < -0.3 is 14.5 Å². The standard InChI is InChI=1S/C28H23NO3S/c1-18(13-28(30)29-16-20-9-6-12-33-20)23-14-24-25(17-32-27(24)15-26(23)31-2)22-11-5-8-19-7-3-4-10-21(19)22/h3-15,17H,16H2,1-2H3,(H,29,30)/b18-13+. The predicted octanol–water partition coefficient (Wildman–Crippen LogP) is 7.04. The molecule has 0 unspecified atom stereocenters. The summed E-state index contributed by atoms with van der Waals surface area (Å²) in [7, 11) is 1.63. The van der Waals surface area contributed by atoms with E-state index in [1.54, 1.807) is 30.8 Å². The number of methoxy groups -OCH3 is 1. The predicted molar refractivity (Wildman–Crippen MR) is 136 cm³/mol. The molecule has 0 aliphatic heterocycles. The molecular weight excluding hydrogens is 430 g/mol. The van der Waals surface area contributed by atoms with Crippen LogP contribution in [0.1, 0.15) is 17.4 Å². The third-order valence-electron chi connectivity index (χ3n) is 5.76. The van der Waals surface area contributed by atoms with E-state index in [-0.39, 0.29) is 5.91 Å². The number of carbonyl (C=O) groups is 1. The fraction of sp³-hybridized carbons (Fsp3) is 0.107. The number of allylic oxidation sites excluding steroid dienone is 1. The molecule has 0 aliphatic carbocycles. The summed E-state index contributed by atoms with van der Waals surface area (Å²) >= 11 is 1.62. The zero-order chi connectivity index (χ0) is 22.8. The maximum atomic E-state index is 12.5. The average molecular weight is 454 g/mol. The van der Waals surface area contributed by atoms with E-state index < -0.39 is 0 Å². The first-order valence-corrected chi connectivity index (χ1v) is 11.6. The van der Waals surface area contributed by atoms with E-state index >= 15 is 0 Å². The molecule has 2 heterocycles. The molecule has 164 valence electrons. The molecule has 0 fully saturated rings. The minimum Gasteiger partial charge on any atom is -0.496 e. The number of ether oxygens (including phenoxy) is 1. The van der Waals surface area contributed by atoms with Crippen molar-refractivity contribution in [2.24, 2.45) is 0 Å². The highest BCUT2D eigenvalue weighted by atomic mass is 32.1. The zero-order valence-electron chi connectivity index (χ0n) is 18.4. The quantitative estimate of drug-likeness (QED) is 0.281. The van der Waals surface area contributed by atoms with Crippen LogP contribution in [0.5, 0.6) is 5.75 Å². The minimum atomic E-state index is -0.135. The number of amides is 1. The Hall–Kier alpha value is -3.83. The van der Waals surface area contributed by atoms with Crippen molar-refractivity contribution in [2.45, 2.75) is 13.5 Å². The number of hydrogen-bond donors (Lipinski definition) is 1. The molecule has 0 saturated heterocycles. The third-order valence-corrected chi connectivity index (χ3v) is 6.64. The number of nitrogens with one attached hydrogen (secondary N) is 1. The van der Waals surface area contributed by atoms with Crippen molar-refractivity contribution in [3.05, 3.63) is 94.9 Å². The lowest BCUT2D eigenvalue weighted by Gasteiger charge is -2.11. The highest BCUT2D eigenvalue weighted by Crippen LogP contribution is 2.39. The summed E-state index contributed by atoms with van der Waals surface area (Å²) in [6.45, 7) is 2.44. The van der Waals surface area contributed by atoms with Crippen molar-refractivity contribution in [2.75, 3.05) is 7.11 Å². The van der Waals surface area contributed by atoms with Crippen molar-refractivity contribution in [3.63, 3.8) is 0 Å². The largest absolute Gasteiger partial charge is 0.496 e. The van der Waals surface area contributed by atoms with Crippen molar-refractivity contribution in [1.82, 2.24) is 5.32 Å². The number of fused-ring (bicyclic) bond motifs is 2. The van der Waals surface area contributed by atoms with Crippen molar-refractivity contribution in [3.8, 4) is 16.9 Å². The monoisotopic (exact) mass is 453 g/mol. The molecule has 0 saturated carbocycles. The maximum absolute atomic E-state index is 12.5. The Morgan fingerprint density at radius 2 is 1.88 bits per heavy atom. The van der Waals surface area contributed by atoms with Gasteiger partial charge in [0.15, 0.2) is 0 Å². The Morgan fingerprint density at radius 1 is 1.03 bits per heavy atom. The van der Waals surface area contributed by atoms with Crippen LogP contribution in [0.2, 0.25) is 0 Å². The highest BCUT2D eigenvalue weighted by molar-refractivity contribution is 7.09. The van der Waals surface area contributed by atoms with Gasteiger partial charge in [-0.3, -0.25) is 4.79 Å². The lowest BCUT2D eigenvalue weighted by molar-refractivity contribution is -0.116. The van der Waals surface area contributed by atoms with Crippen LogP contribution in [-0.2, 0) is 11.3 Å². The minimum absolute atomic E-state index is 0.135. The van der Waals surface area contributed by atoms with E-state index in [0.717, 1.165) is 38.1 Å². The summed E-state index contributed by atoms with van der Waals surface area (Å²) < 4.78 is 11.5. The average Bonchev–Trinajstić information content (AvgIpc) is 3.51. The SMILES string of the molecule is COc1cc2occ(-c3cccc4ccccc34)c2cc1/C(C)=C/C(=O)NCc1cccs1. The van der Waals surface area contributed by atoms with E-state index in [1.807, 2.05) is 48.7 Å². The molecule has 2 aromatic heterocycles. The van der Waals surface area contributed by atoms with Gasteiger partial charge in [0.05, 0.1) is 19.9 Å². The number of thiophene rings is 1. The first-order chi connectivity index (χ1) is 16.1. The second-order valence-electron chi connectivity index (χ2n) is 7.85. The summed E-state index contributed by atoms with van der Waals surface area (Å²) in [5, 5.41) is 8.27. The van der Waals surface area contributed by atoms with Gasteiger partial charge in [-0.25, -0.2) is 0 Å². The third kappa shape index (κ3) is 4.15. The van der Waals surface area contributed by atoms with E-state index in [0.29, 0.717) is 12.3 Å². The number of hydrogen-bond acceptors (Lipinski definition) is 4. The summed E-state index contributed by atoms with van der Waals surface area (Å²) in [6.07, 6.45) is 3.41. The van der Waals surface area contributed by atoms with E-state index in [1.165, 1.54) is 10.8 Å². The summed E-state index contributed by atoms with van der Waals surface area (Å²) in [5.74, 6) is 0.533. The number of benzene rings is 3. The molecule has 5 aromatic rings. The fourth-order valence-corrected chi connectivity index (χ4v) is 4.76. The fourth-order valence-electron chi connectivity index (χ4n) is 4.11. The first kappa shape index (κ1) is 21.0. The topological polar surface area (TPSA) is 51.5 Å². The Labute approximate surface area is 196 Å². The second-order valence-corrected chi connectivity index (χ2v) is 8.88. The van der Waals surface area contributed by atoms with Gasteiger partial charge in [-0.1, -0.05) is 48.5 Å². The highest BCUT2D eigenvalue weighted by Gasteiger charge is 2.16. The summed E-state index contributed by atoms with van der Waals surface area (Å²) in [6, 6.07) is 22.5. The van der Waals surface area contributed by atoms with Gasteiger partial charge in [0.1, 0.15) is 11.3 Å². The Bertz CT molecular complexity index is 1470. The molecule has 0 radical (unpaired) electrons. The van der Waals surface area contributed by atoms with Crippen LogP contribution in [0.3, 0.4) is 0 Å². The lowest BCUT2D eigenvalue weighted by atomic mass is 9.96. The molecule has 1 amide bonds. The molecule has 5 heteroatoms. The van der Waals surface area contributed by atoms with Gasteiger partial charge in [0, 0.05) is 33.5 Å². The van der Waals surface area contributed by atoms with Crippen molar-refractivity contribution in [1.29, 1.82) is 0 Å². The molecule has 4 nitrogen and oxygen atoms in total. The summed E-state index contributed by atoms with van der Waals surface area (Å²) in [4.78, 5) is 13.6. The second kappa shape index (κ2) is 8.96. The molecule has 1 N–H and O–H groups in total. The molecule has 3 aromatic carbocycles. The molecular formula is C28H23NO3S. The van der Waals surface area contributed by atoms with Gasteiger partial charge >= 0.3 is 0 Å². The molecule has 33 heavy (non-hydrogen) atoms. The van der Waals surface area contributed by atoms with Crippen LogP contribution in [0.15, 0.2) is 88.9 Å². The van der Waals surface area contributed by atoms with Crippen LogP contribution in [0.25, 0.3) is 38.4 Å². The van der Waals surface area contributed by atoms with Crippen LogP contribution < -0.4 is 10.1 Å². The van der Waals surface area contributed by atoms with Crippen LogP contribution in [-0.4, -0.2) is 13.0 Å². The van der Waals surface area contributed by atoms with Crippen LogP contribution in [0.4, 0.5) is 0 Å². The zero-order valence-corrected chi connectivity index (χ0v) is 19.2. The molecule has 0 bridgehead atoms. The Morgan fingerprint density at radius 3 is 2.70 bits per heavy atom. The van der Waals surface area contributed by atoms with Gasteiger partial charge in [-0.05, 0) is 46.3 Å². The smallest absolute Gasteiger partial charge is 0.244 e. The lowest BCUT2D eigenvalue weighted by Crippen LogP contribution is -2.20. The van der Waals surface area contributed by atoms with Gasteiger partial charge in [0.25, 0.3) is 0 Å². The van der Waals surface area contributed by atoms with E-state index in [9.17, 15) is 4.79 Å². The van der Waals surface area contributed by atoms with E-state index in [2.05, 4.69) is 35.6 Å². The molecule has 0 spiro atoms.